The van der Waals surface area contributed by atoms with Gasteiger partial charge in [0.05, 0.1) is 6.42 Å². The van der Waals surface area contributed by atoms with E-state index in [2.05, 4.69) is 0 Å². The van der Waals surface area contributed by atoms with Crippen LogP contribution in [-0.4, -0.2) is 29.8 Å². The Morgan fingerprint density at radius 1 is 1.80 bits per heavy atom. The van der Waals surface area contributed by atoms with E-state index >= 15 is 0 Å². The van der Waals surface area contributed by atoms with Gasteiger partial charge in [0.25, 0.3) is 0 Å². The molecule has 2 N–H and O–H groups in total. The summed E-state index contributed by atoms with van der Waals surface area (Å²) < 4.78 is 4.73. The molecule has 5 heteroatoms. The van der Waals surface area contributed by atoms with Crippen molar-refractivity contribution in [3.05, 3.63) is 0 Å². The number of ether oxygens (including phenoxy) is 1. The van der Waals surface area contributed by atoms with Crippen molar-refractivity contribution < 1.29 is 19.4 Å². The number of carbonyl (C=O) groups is 2. The molecular formula is C5H7NO4. The third-order valence-corrected chi connectivity index (χ3v) is 1.14. The second kappa shape index (κ2) is 2.66. The van der Waals surface area contributed by atoms with Crippen molar-refractivity contribution in [2.45, 2.75) is 12.6 Å². The summed E-state index contributed by atoms with van der Waals surface area (Å²) in [7, 11) is 0. The fourth-order valence-electron chi connectivity index (χ4n) is 0.749. The Bertz CT molecular complexity index is 167. The van der Waals surface area contributed by atoms with Crippen LogP contribution in [0.1, 0.15) is 6.42 Å². The Morgan fingerprint density at radius 2 is 2.50 bits per heavy atom. The summed E-state index contributed by atoms with van der Waals surface area (Å²) in [4.78, 5) is 20.4. The van der Waals surface area contributed by atoms with Crippen LogP contribution in [0.5, 0.6) is 0 Å². The lowest BCUT2D eigenvalue weighted by Crippen LogP contribution is -2.32. The lowest BCUT2D eigenvalue weighted by molar-refractivity contribution is -0.117. The molecule has 0 saturated carbocycles. The summed E-state index contributed by atoms with van der Waals surface area (Å²) in [5.41, 5.74) is 0. The number of carboxylic acid groups (broad SMARTS) is 1. The third-order valence-electron chi connectivity index (χ3n) is 1.14. The Hall–Kier alpha value is -1.10. The Labute approximate surface area is 57.0 Å². The average molecular weight is 145 g/mol. The van der Waals surface area contributed by atoms with Crippen molar-refractivity contribution in [3.63, 3.8) is 0 Å². The maximum absolute atomic E-state index is 10.5. The summed E-state index contributed by atoms with van der Waals surface area (Å²) in [5, 5.41) is 10.2. The largest absolute Gasteiger partial charge is 0.465 e. The van der Waals surface area contributed by atoms with Crippen LogP contribution in [0.15, 0.2) is 0 Å². The molecule has 1 fully saturated rings. The van der Waals surface area contributed by atoms with Gasteiger partial charge in [-0.15, -0.1) is 0 Å². The maximum Gasteiger partial charge on any atom is 0.406 e. The number of Topliss-reactive ketones (excluding diaryl/α,β-unsaturated/α-hetero) is 1. The van der Waals surface area contributed by atoms with Crippen molar-refractivity contribution in [2.75, 3.05) is 6.61 Å². The van der Waals surface area contributed by atoms with Crippen LogP contribution in [0.3, 0.4) is 0 Å². The molecule has 0 aromatic carbocycles. The van der Waals surface area contributed by atoms with Gasteiger partial charge in [0, 0.05) is 0 Å². The fourth-order valence-corrected chi connectivity index (χ4v) is 0.749. The Kier molecular flexibility index (Phi) is 1.86. The molecule has 1 amide bonds. The van der Waals surface area contributed by atoms with Gasteiger partial charge in [-0.3, -0.25) is 10.1 Å². The van der Waals surface area contributed by atoms with Gasteiger partial charge in [0.15, 0.2) is 5.78 Å². The minimum Gasteiger partial charge on any atom is -0.465 e. The van der Waals surface area contributed by atoms with Crippen LogP contribution in [0.4, 0.5) is 4.79 Å². The lowest BCUT2D eigenvalue weighted by atomic mass is 10.3. The highest BCUT2D eigenvalue weighted by atomic mass is 16.5. The maximum atomic E-state index is 10.5. The average Bonchev–Trinajstić information content (AvgIpc) is 2.13. The zero-order valence-corrected chi connectivity index (χ0v) is 5.16. The fraction of sp³-hybridized carbons (Fsp3) is 0.600. The first-order valence-corrected chi connectivity index (χ1v) is 2.81. The van der Waals surface area contributed by atoms with Crippen LogP contribution >= 0.6 is 0 Å². The van der Waals surface area contributed by atoms with Gasteiger partial charge in [-0.05, 0) is 0 Å². The van der Waals surface area contributed by atoms with Gasteiger partial charge in [0.2, 0.25) is 0 Å². The van der Waals surface area contributed by atoms with Crippen molar-refractivity contribution in [1.82, 2.24) is 5.32 Å². The highest BCUT2D eigenvalue weighted by Crippen LogP contribution is 2.04. The van der Waals surface area contributed by atoms with Crippen molar-refractivity contribution in [2.24, 2.45) is 0 Å². The Balaban J connectivity index is 2.31. The molecule has 5 nitrogen and oxygen atoms in total. The van der Waals surface area contributed by atoms with Gasteiger partial charge < -0.3 is 9.84 Å². The molecule has 1 heterocycles. The van der Waals surface area contributed by atoms with Gasteiger partial charge >= 0.3 is 6.09 Å². The Morgan fingerprint density at radius 3 is 2.90 bits per heavy atom. The van der Waals surface area contributed by atoms with Crippen LogP contribution in [0, 0.1) is 0 Å². The molecule has 0 aromatic rings. The molecule has 1 aliphatic rings. The summed E-state index contributed by atoms with van der Waals surface area (Å²) in [5.74, 6) is -0.0706. The molecule has 0 aliphatic carbocycles. The first kappa shape index (κ1) is 7.01. The highest BCUT2D eigenvalue weighted by molar-refractivity contribution is 5.82. The van der Waals surface area contributed by atoms with Gasteiger partial charge in [-0.2, -0.15) is 0 Å². The van der Waals surface area contributed by atoms with E-state index in [9.17, 15) is 9.59 Å². The molecule has 1 atom stereocenters. The van der Waals surface area contributed by atoms with E-state index < -0.39 is 12.3 Å². The van der Waals surface area contributed by atoms with E-state index in [0.717, 1.165) is 0 Å². The molecule has 56 valence electrons. The topological polar surface area (TPSA) is 75.6 Å². The van der Waals surface area contributed by atoms with Crippen molar-refractivity contribution in [3.8, 4) is 0 Å². The normalized spacial score (nSPS) is 24.8. The number of carbonyl (C=O) groups excluding carboxylic acids is 1. The number of ketones is 1. The van der Waals surface area contributed by atoms with Crippen LogP contribution in [-0.2, 0) is 9.53 Å². The zero-order chi connectivity index (χ0) is 7.56. The molecule has 0 aromatic heterocycles. The molecule has 1 unspecified atom stereocenters. The van der Waals surface area contributed by atoms with Gasteiger partial charge in [0.1, 0.15) is 12.8 Å². The first-order valence-electron chi connectivity index (χ1n) is 2.81. The minimum atomic E-state index is -1.17. The summed E-state index contributed by atoms with van der Waals surface area (Å²) >= 11 is 0. The predicted molar refractivity (Wildman–Crippen MR) is 30.5 cm³/mol. The van der Waals surface area contributed by atoms with Gasteiger partial charge in [-0.25, -0.2) is 4.79 Å². The van der Waals surface area contributed by atoms with E-state index in [1.54, 1.807) is 0 Å². The molecule has 0 bridgehead atoms. The molecule has 0 spiro atoms. The lowest BCUT2D eigenvalue weighted by Gasteiger charge is -2.05. The minimum absolute atomic E-state index is 0.0188. The van der Waals surface area contributed by atoms with Crippen LogP contribution < -0.4 is 5.32 Å². The highest BCUT2D eigenvalue weighted by Gasteiger charge is 2.23. The van der Waals surface area contributed by atoms with E-state index in [1.165, 1.54) is 0 Å². The zero-order valence-electron chi connectivity index (χ0n) is 5.16. The second-order valence-corrected chi connectivity index (χ2v) is 1.99. The summed E-state index contributed by atoms with van der Waals surface area (Å²) in [6.07, 6.45) is -1.66. The SMILES string of the molecule is O=C1COC(NC(=O)O)C1. The standard InChI is InChI=1S/C5H7NO4/c7-3-1-4(10-2-3)6-5(8)9/h4,6H,1-2H2,(H,8,9). The summed E-state index contributed by atoms with van der Waals surface area (Å²) in [6.45, 7) is 0.0188. The number of rotatable bonds is 1. The van der Waals surface area contributed by atoms with Gasteiger partial charge in [-0.1, -0.05) is 0 Å². The smallest absolute Gasteiger partial charge is 0.406 e. The summed E-state index contributed by atoms with van der Waals surface area (Å²) in [6, 6.07) is 0. The van der Waals surface area contributed by atoms with Crippen LogP contribution in [0.2, 0.25) is 0 Å². The first-order chi connectivity index (χ1) is 4.68. The quantitative estimate of drug-likeness (QED) is 0.525. The number of hydrogen-bond acceptors (Lipinski definition) is 3. The molecule has 1 saturated heterocycles. The van der Waals surface area contributed by atoms with E-state index in [4.69, 9.17) is 9.84 Å². The number of amides is 1. The number of hydrogen-bond donors (Lipinski definition) is 2. The molecule has 10 heavy (non-hydrogen) atoms. The molecular weight excluding hydrogens is 138 g/mol. The monoisotopic (exact) mass is 145 g/mol. The van der Waals surface area contributed by atoms with Crippen LogP contribution in [0.25, 0.3) is 0 Å². The van der Waals surface area contributed by atoms with E-state index in [0.29, 0.717) is 0 Å². The molecule has 1 aliphatic heterocycles. The van der Waals surface area contributed by atoms with Crippen molar-refractivity contribution in [1.29, 1.82) is 0 Å². The number of nitrogens with one attached hydrogen (secondary N) is 1. The van der Waals surface area contributed by atoms with E-state index in [-0.39, 0.29) is 18.8 Å². The molecule has 0 radical (unpaired) electrons. The van der Waals surface area contributed by atoms with E-state index in [1.807, 2.05) is 5.32 Å². The second-order valence-electron chi connectivity index (χ2n) is 1.99. The predicted octanol–water partition coefficient (Wildman–Crippen LogP) is -0.431. The molecule has 1 rings (SSSR count). The van der Waals surface area contributed by atoms with Crippen molar-refractivity contribution >= 4 is 11.9 Å². The third kappa shape index (κ3) is 1.70.